The molecule has 23 heavy (non-hydrogen) atoms. The molecule has 0 spiro atoms. The highest BCUT2D eigenvalue weighted by Gasteiger charge is 2.30. The van der Waals surface area contributed by atoms with Gasteiger partial charge in [0.05, 0.1) is 24.9 Å². The summed E-state index contributed by atoms with van der Waals surface area (Å²) in [4.78, 5) is 22.5. The van der Waals surface area contributed by atoms with Gasteiger partial charge >= 0.3 is 6.09 Å². The SMILES string of the molecule is Cc1nccc(CNCC2COCCN2C(=O)OC(C)(C)C)n1. The molecule has 1 unspecified atom stereocenters. The Morgan fingerprint density at radius 3 is 3.00 bits per heavy atom. The average molecular weight is 322 g/mol. The van der Waals surface area contributed by atoms with Crippen molar-refractivity contribution in [1.29, 1.82) is 0 Å². The van der Waals surface area contributed by atoms with E-state index < -0.39 is 5.60 Å². The molecule has 7 nitrogen and oxygen atoms in total. The standard InChI is InChI=1S/C16H26N4O3/c1-12-18-6-5-13(19-12)9-17-10-14-11-22-8-7-20(14)15(21)23-16(2,3)4/h5-6,14,17H,7-11H2,1-4H3. The molecule has 1 aromatic rings. The van der Waals surface area contributed by atoms with Gasteiger partial charge in [-0.15, -0.1) is 0 Å². The van der Waals surface area contributed by atoms with Gasteiger partial charge in [-0.1, -0.05) is 0 Å². The number of nitrogens with one attached hydrogen (secondary N) is 1. The second-order valence-corrected chi connectivity index (χ2v) is 6.63. The normalized spacial score (nSPS) is 18.8. The predicted molar refractivity (Wildman–Crippen MR) is 86.0 cm³/mol. The molecule has 0 radical (unpaired) electrons. The fourth-order valence-corrected chi connectivity index (χ4v) is 2.36. The zero-order valence-electron chi connectivity index (χ0n) is 14.3. The molecule has 128 valence electrons. The Hall–Kier alpha value is -1.73. The number of nitrogens with zero attached hydrogens (tertiary/aromatic N) is 3. The van der Waals surface area contributed by atoms with E-state index in [1.807, 2.05) is 33.8 Å². The molecule has 1 aliphatic heterocycles. The van der Waals surface area contributed by atoms with Gasteiger partial charge in [0.15, 0.2) is 0 Å². The van der Waals surface area contributed by atoms with Gasteiger partial charge in [0.25, 0.3) is 0 Å². The molecule has 1 amide bonds. The number of ether oxygens (including phenoxy) is 2. The van der Waals surface area contributed by atoms with Gasteiger partial charge in [-0.25, -0.2) is 14.8 Å². The van der Waals surface area contributed by atoms with Crippen molar-refractivity contribution in [2.24, 2.45) is 0 Å². The second-order valence-electron chi connectivity index (χ2n) is 6.63. The van der Waals surface area contributed by atoms with Gasteiger partial charge in [-0.3, -0.25) is 4.90 Å². The summed E-state index contributed by atoms with van der Waals surface area (Å²) in [6, 6.07) is 1.84. The van der Waals surface area contributed by atoms with E-state index >= 15 is 0 Å². The van der Waals surface area contributed by atoms with Crippen molar-refractivity contribution >= 4 is 6.09 Å². The Morgan fingerprint density at radius 1 is 1.52 bits per heavy atom. The van der Waals surface area contributed by atoms with Gasteiger partial charge in [-0.05, 0) is 33.8 Å². The Morgan fingerprint density at radius 2 is 2.30 bits per heavy atom. The molecule has 2 rings (SSSR count). The zero-order chi connectivity index (χ0) is 16.9. The van der Waals surface area contributed by atoms with Crippen LogP contribution < -0.4 is 5.32 Å². The molecule has 1 aromatic heterocycles. The molecule has 2 heterocycles. The van der Waals surface area contributed by atoms with E-state index in [9.17, 15) is 4.79 Å². The molecule has 1 N–H and O–H groups in total. The van der Waals surface area contributed by atoms with Crippen LogP contribution in [0.2, 0.25) is 0 Å². The molecule has 1 saturated heterocycles. The van der Waals surface area contributed by atoms with Crippen LogP contribution in [0.15, 0.2) is 12.3 Å². The number of hydrogen-bond donors (Lipinski definition) is 1. The summed E-state index contributed by atoms with van der Waals surface area (Å²) in [6.07, 6.45) is 1.46. The van der Waals surface area contributed by atoms with Crippen molar-refractivity contribution in [3.63, 3.8) is 0 Å². The van der Waals surface area contributed by atoms with Crippen molar-refractivity contribution in [3.8, 4) is 0 Å². The lowest BCUT2D eigenvalue weighted by Gasteiger charge is -2.36. The van der Waals surface area contributed by atoms with Crippen molar-refractivity contribution < 1.29 is 14.3 Å². The highest BCUT2D eigenvalue weighted by molar-refractivity contribution is 5.68. The smallest absolute Gasteiger partial charge is 0.410 e. The second kappa shape index (κ2) is 7.70. The zero-order valence-corrected chi connectivity index (χ0v) is 14.3. The van der Waals surface area contributed by atoms with Gasteiger partial charge in [-0.2, -0.15) is 0 Å². The first-order valence-corrected chi connectivity index (χ1v) is 7.92. The molecule has 1 aliphatic rings. The largest absolute Gasteiger partial charge is 0.444 e. The van der Waals surface area contributed by atoms with Crippen molar-refractivity contribution in [2.45, 2.75) is 45.9 Å². The van der Waals surface area contributed by atoms with Crippen LogP contribution in [0.3, 0.4) is 0 Å². The number of aromatic nitrogens is 2. The van der Waals surface area contributed by atoms with Crippen molar-refractivity contribution in [1.82, 2.24) is 20.2 Å². The summed E-state index contributed by atoms with van der Waals surface area (Å²) in [6.45, 7) is 10.3. The Bertz CT molecular complexity index is 530. The number of amides is 1. The maximum absolute atomic E-state index is 12.3. The summed E-state index contributed by atoms with van der Waals surface area (Å²) in [5.41, 5.74) is 0.435. The fourth-order valence-electron chi connectivity index (χ4n) is 2.36. The minimum atomic E-state index is -0.494. The molecule has 0 aromatic carbocycles. The Balaban J connectivity index is 1.87. The summed E-state index contributed by atoms with van der Waals surface area (Å²) < 4.78 is 11.0. The van der Waals surface area contributed by atoms with Crippen LogP contribution in [0, 0.1) is 6.92 Å². The minimum Gasteiger partial charge on any atom is -0.444 e. The quantitative estimate of drug-likeness (QED) is 0.905. The molecular weight excluding hydrogens is 296 g/mol. The third-order valence-corrected chi connectivity index (χ3v) is 3.38. The minimum absolute atomic E-state index is 0.0402. The summed E-state index contributed by atoms with van der Waals surface area (Å²) in [5.74, 6) is 0.751. The van der Waals surface area contributed by atoms with Crippen LogP contribution in [0.5, 0.6) is 0 Å². The molecule has 1 atom stereocenters. The van der Waals surface area contributed by atoms with Crippen LogP contribution in [0.1, 0.15) is 32.3 Å². The number of aryl methyl sites for hydroxylation is 1. The van der Waals surface area contributed by atoms with E-state index in [1.54, 1.807) is 11.1 Å². The summed E-state index contributed by atoms with van der Waals surface area (Å²) in [7, 11) is 0. The Labute approximate surface area is 137 Å². The van der Waals surface area contributed by atoms with E-state index in [0.717, 1.165) is 11.5 Å². The molecule has 1 fully saturated rings. The van der Waals surface area contributed by atoms with Crippen LogP contribution in [-0.4, -0.2) is 58.9 Å². The molecule has 0 saturated carbocycles. The van der Waals surface area contributed by atoms with Gasteiger partial charge in [0, 0.05) is 25.8 Å². The Kier molecular flexibility index (Phi) is 5.90. The summed E-state index contributed by atoms with van der Waals surface area (Å²) >= 11 is 0. The van der Waals surface area contributed by atoms with Crippen molar-refractivity contribution in [3.05, 3.63) is 23.8 Å². The molecule has 7 heteroatoms. The first-order chi connectivity index (χ1) is 10.8. The average Bonchev–Trinajstić information content (AvgIpc) is 2.46. The van der Waals surface area contributed by atoms with Gasteiger partial charge < -0.3 is 14.8 Å². The number of morpholine rings is 1. The molecular formula is C16H26N4O3. The van der Waals surface area contributed by atoms with E-state index in [0.29, 0.717) is 32.8 Å². The van der Waals surface area contributed by atoms with E-state index in [1.165, 1.54) is 0 Å². The summed E-state index contributed by atoms with van der Waals surface area (Å²) in [5, 5.41) is 3.33. The van der Waals surface area contributed by atoms with Crippen LogP contribution in [0.4, 0.5) is 4.79 Å². The number of rotatable bonds is 4. The lowest BCUT2D eigenvalue weighted by Crippen LogP contribution is -2.54. The van der Waals surface area contributed by atoms with Gasteiger partial charge in [0.1, 0.15) is 11.4 Å². The topological polar surface area (TPSA) is 76.6 Å². The fraction of sp³-hybridized carbons (Fsp3) is 0.688. The first kappa shape index (κ1) is 17.6. The first-order valence-electron chi connectivity index (χ1n) is 7.92. The highest BCUT2D eigenvalue weighted by atomic mass is 16.6. The number of carbonyl (C=O) groups excluding carboxylic acids is 1. The maximum Gasteiger partial charge on any atom is 0.410 e. The monoisotopic (exact) mass is 322 g/mol. The number of carbonyl (C=O) groups is 1. The van der Waals surface area contributed by atoms with Crippen LogP contribution >= 0.6 is 0 Å². The number of hydrogen-bond acceptors (Lipinski definition) is 6. The third kappa shape index (κ3) is 5.76. The highest BCUT2D eigenvalue weighted by Crippen LogP contribution is 2.14. The molecule has 0 aliphatic carbocycles. The van der Waals surface area contributed by atoms with E-state index in [4.69, 9.17) is 9.47 Å². The third-order valence-electron chi connectivity index (χ3n) is 3.38. The van der Waals surface area contributed by atoms with E-state index in [-0.39, 0.29) is 12.1 Å². The maximum atomic E-state index is 12.3. The van der Waals surface area contributed by atoms with Crippen LogP contribution in [-0.2, 0) is 16.0 Å². The van der Waals surface area contributed by atoms with E-state index in [2.05, 4.69) is 15.3 Å². The molecule has 0 bridgehead atoms. The lowest BCUT2D eigenvalue weighted by atomic mass is 10.2. The predicted octanol–water partition coefficient (Wildman–Crippen LogP) is 1.51. The van der Waals surface area contributed by atoms with Gasteiger partial charge in [0.2, 0.25) is 0 Å². The van der Waals surface area contributed by atoms with Crippen LogP contribution in [0.25, 0.3) is 0 Å². The lowest BCUT2D eigenvalue weighted by molar-refractivity contribution is -0.0317. The van der Waals surface area contributed by atoms with Crippen molar-refractivity contribution in [2.75, 3.05) is 26.3 Å².